The van der Waals surface area contributed by atoms with Gasteiger partial charge in [0.25, 0.3) is 15.9 Å². The summed E-state index contributed by atoms with van der Waals surface area (Å²) in [7, 11) is -7.70. The molecular weight excluding hydrogens is 428 g/mol. The predicted molar refractivity (Wildman–Crippen MR) is 102 cm³/mol. The van der Waals surface area contributed by atoms with Gasteiger partial charge in [-0.15, -0.1) is 11.3 Å². The van der Waals surface area contributed by atoms with Crippen LogP contribution in [-0.4, -0.2) is 73.5 Å². The molecule has 1 aliphatic rings. The second-order valence-corrected chi connectivity index (χ2v) is 11.3. The molecule has 3 rings (SSSR count). The number of pyridine rings is 1. The number of hydrogen-bond acceptors (Lipinski definition) is 8. The third-order valence-electron chi connectivity index (χ3n) is 4.28. The Kier molecular flexibility index (Phi) is 5.84. The van der Waals surface area contributed by atoms with E-state index in [-0.39, 0.29) is 23.8 Å². The molecular formula is C15H18N4O6S3. The van der Waals surface area contributed by atoms with Crippen molar-refractivity contribution in [2.45, 2.75) is 10.3 Å². The van der Waals surface area contributed by atoms with Gasteiger partial charge >= 0.3 is 0 Å². The average molecular weight is 447 g/mol. The highest BCUT2D eigenvalue weighted by atomic mass is 32.2. The van der Waals surface area contributed by atoms with Gasteiger partial charge in [0.1, 0.15) is 10.3 Å². The molecule has 1 saturated heterocycles. The molecule has 1 fully saturated rings. The second kappa shape index (κ2) is 7.85. The first-order valence-electron chi connectivity index (χ1n) is 8.06. The lowest BCUT2D eigenvalue weighted by Gasteiger charge is -2.37. The lowest BCUT2D eigenvalue weighted by atomic mass is 10.2. The Morgan fingerprint density at radius 1 is 1.18 bits per heavy atom. The number of thiophene rings is 1. The van der Waals surface area contributed by atoms with Crippen LogP contribution < -0.4 is 5.48 Å². The molecule has 0 spiro atoms. The first kappa shape index (κ1) is 20.8. The Bertz CT molecular complexity index is 1070. The summed E-state index contributed by atoms with van der Waals surface area (Å²) in [5, 5.41) is 8.99. The number of piperazine rings is 1. The highest BCUT2D eigenvalue weighted by Gasteiger charge is 2.42. The van der Waals surface area contributed by atoms with Crippen molar-refractivity contribution >= 4 is 37.3 Å². The summed E-state index contributed by atoms with van der Waals surface area (Å²) >= 11 is 1.03. The fraction of sp³-hybridized carbons (Fsp3) is 0.333. The number of carbonyl (C=O) groups excluding carboxylic acids is 1. The van der Waals surface area contributed by atoms with Crippen LogP contribution >= 0.6 is 11.3 Å². The van der Waals surface area contributed by atoms with E-state index in [1.807, 2.05) is 0 Å². The molecule has 0 radical (unpaired) electrons. The van der Waals surface area contributed by atoms with E-state index < -0.39 is 32.0 Å². The van der Waals surface area contributed by atoms with Crippen molar-refractivity contribution in [2.24, 2.45) is 0 Å². The molecule has 1 aliphatic heterocycles. The smallest absolute Gasteiger partial charge is 0.263 e. The highest BCUT2D eigenvalue weighted by molar-refractivity contribution is 7.91. The van der Waals surface area contributed by atoms with Crippen LogP contribution in [-0.2, 0) is 24.8 Å². The van der Waals surface area contributed by atoms with Crippen LogP contribution in [0.1, 0.15) is 0 Å². The maximum absolute atomic E-state index is 13.1. The fourth-order valence-electron chi connectivity index (χ4n) is 2.86. The Hall–Kier alpha value is -1.90. The van der Waals surface area contributed by atoms with Gasteiger partial charge in [-0.05, 0) is 29.8 Å². The maximum Gasteiger partial charge on any atom is 0.263 e. The number of hydrogen-bond donors (Lipinski definition) is 2. The van der Waals surface area contributed by atoms with Gasteiger partial charge in [0.15, 0.2) is 0 Å². The molecule has 0 saturated carbocycles. The molecule has 2 N–H and O–H groups in total. The number of sulfonamides is 2. The molecule has 2 aromatic heterocycles. The SMILES string of the molecule is CS(=O)(=O)N1CCN(S(=O)(=O)c2ccc(-c3ccncc3)s2)[C@@H](C(=O)NO)C1. The summed E-state index contributed by atoms with van der Waals surface area (Å²) in [5.74, 6) is -0.997. The molecule has 0 bridgehead atoms. The van der Waals surface area contributed by atoms with E-state index in [1.165, 1.54) is 11.5 Å². The summed E-state index contributed by atoms with van der Waals surface area (Å²) in [4.78, 5) is 16.7. The van der Waals surface area contributed by atoms with Crippen molar-refractivity contribution in [2.75, 3.05) is 25.9 Å². The summed E-state index contributed by atoms with van der Waals surface area (Å²) in [5.41, 5.74) is 2.22. The Labute approximate surface area is 166 Å². The van der Waals surface area contributed by atoms with Crippen molar-refractivity contribution in [1.29, 1.82) is 0 Å². The number of aromatic nitrogens is 1. The Morgan fingerprint density at radius 3 is 2.46 bits per heavy atom. The van der Waals surface area contributed by atoms with Crippen LogP contribution in [0.4, 0.5) is 0 Å². The topological polar surface area (TPSA) is 137 Å². The third-order valence-corrected chi connectivity index (χ3v) is 9.06. The predicted octanol–water partition coefficient (Wildman–Crippen LogP) is -0.0500. The van der Waals surface area contributed by atoms with Crippen LogP contribution in [0, 0.1) is 0 Å². The van der Waals surface area contributed by atoms with Gasteiger partial charge in [0.05, 0.1) is 6.26 Å². The lowest BCUT2D eigenvalue weighted by Crippen LogP contribution is -2.60. The third kappa shape index (κ3) is 4.09. The monoisotopic (exact) mass is 446 g/mol. The van der Waals surface area contributed by atoms with Gasteiger partial charge in [0, 0.05) is 36.9 Å². The summed E-state index contributed by atoms with van der Waals surface area (Å²) in [6, 6.07) is 5.20. The normalized spacial score (nSPS) is 19.4. The standard InChI is InChI=1S/C15H18N4O6S3/c1-27(22,23)18-8-9-19(12(10-18)15(20)17-21)28(24,25)14-3-2-13(26-14)11-4-6-16-7-5-11/h2-7,12,21H,8-10H2,1H3,(H,17,20)/t12-/m1/s1. The lowest BCUT2D eigenvalue weighted by molar-refractivity contribution is -0.134. The molecule has 0 aliphatic carbocycles. The minimum absolute atomic E-state index is 0.0165. The average Bonchev–Trinajstić information content (AvgIpc) is 3.18. The van der Waals surface area contributed by atoms with Gasteiger partial charge in [0.2, 0.25) is 10.0 Å². The highest BCUT2D eigenvalue weighted by Crippen LogP contribution is 2.33. The maximum atomic E-state index is 13.1. The molecule has 0 unspecified atom stereocenters. The van der Waals surface area contributed by atoms with E-state index in [2.05, 4.69) is 4.98 Å². The molecule has 0 aromatic carbocycles. The van der Waals surface area contributed by atoms with E-state index in [1.54, 1.807) is 30.6 Å². The van der Waals surface area contributed by atoms with Gasteiger partial charge in [-0.2, -0.15) is 8.61 Å². The van der Waals surface area contributed by atoms with Gasteiger partial charge < -0.3 is 0 Å². The summed E-state index contributed by atoms with van der Waals surface area (Å²) in [6.07, 6.45) is 4.16. The van der Waals surface area contributed by atoms with Crippen molar-refractivity contribution in [3.8, 4) is 10.4 Å². The molecule has 2 aromatic rings. The van der Waals surface area contributed by atoms with E-state index in [0.717, 1.165) is 31.8 Å². The van der Waals surface area contributed by atoms with Crippen LogP contribution in [0.15, 0.2) is 40.9 Å². The molecule has 152 valence electrons. The van der Waals surface area contributed by atoms with E-state index >= 15 is 0 Å². The fourth-order valence-corrected chi connectivity index (χ4v) is 6.70. The Balaban J connectivity index is 1.94. The zero-order valence-electron chi connectivity index (χ0n) is 14.7. The van der Waals surface area contributed by atoms with Crippen LogP contribution in [0.2, 0.25) is 0 Å². The van der Waals surface area contributed by atoms with Crippen molar-refractivity contribution in [3.63, 3.8) is 0 Å². The minimum Gasteiger partial charge on any atom is -0.289 e. The molecule has 1 amide bonds. The van der Waals surface area contributed by atoms with Gasteiger partial charge in [-0.25, -0.2) is 22.3 Å². The first-order valence-corrected chi connectivity index (χ1v) is 12.2. The van der Waals surface area contributed by atoms with E-state index in [0.29, 0.717) is 4.88 Å². The van der Waals surface area contributed by atoms with Crippen molar-refractivity contribution < 1.29 is 26.8 Å². The molecule has 1 atom stereocenters. The van der Waals surface area contributed by atoms with E-state index in [4.69, 9.17) is 5.21 Å². The summed E-state index contributed by atoms with van der Waals surface area (Å²) in [6.45, 7) is -0.682. The van der Waals surface area contributed by atoms with E-state index in [9.17, 15) is 21.6 Å². The zero-order valence-corrected chi connectivity index (χ0v) is 17.2. The van der Waals surface area contributed by atoms with Crippen LogP contribution in [0.25, 0.3) is 10.4 Å². The number of amides is 1. The first-order chi connectivity index (χ1) is 13.1. The van der Waals surface area contributed by atoms with Crippen LogP contribution in [0.5, 0.6) is 0 Å². The Morgan fingerprint density at radius 2 is 1.86 bits per heavy atom. The van der Waals surface area contributed by atoms with Gasteiger partial charge in [-0.1, -0.05) is 0 Å². The van der Waals surface area contributed by atoms with Crippen molar-refractivity contribution in [1.82, 2.24) is 19.1 Å². The minimum atomic E-state index is -4.08. The number of nitrogens with zero attached hydrogens (tertiary/aromatic N) is 3. The number of nitrogens with one attached hydrogen (secondary N) is 1. The molecule has 13 heteroatoms. The number of hydroxylamine groups is 1. The molecule has 10 nitrogen and oxygen atoms in total. The number of carbonyl (C=O) groups is 1. The quantitative estimate of drug-likeness (QED) is 0.485. The zero-order chi connectivity index (χ0) is 20.5. The van der Waals surface area contributed by atoms with Crippen LogP contribution in [0.3, 0.4) is 0 Å². The molecule has 3 heterocycles. The van der Waals surface area contributed by atoms with Gasteiger partial charge in [-0.3, -0.25) is 15.0 Å². The van der Waals surface area contributed by atoms with Crippen molar-refractivity contribution in [3.05, 3.63) is 36.7 Å². The largest absolute Gasteiger partial charge is 0.289 e. The summed E-state index contributed by atoms with van der Waals surface area (Å²) < 4.78 is 51.8. The number of rotatable bonds is 5. The second-order valence-electron chi connectivity index (χ2n) is 6.08. The molecule has 28 heavy (non-hydrogen) atoms.